The number of nitrogen functional groups attached to an aromatic ring is 1. The van der Waals surface area contributed by atoms with E-state index in [0.717, 1.165) is 12.3 Å². The van der Waals surface area contributed by atoms with Gasteiger partial charge in [0.15, 0.2) is 0 Å². The van der Waals surface area contributed by atoms with Crippen molar-refractivity contribution in [2.45, 2.75) is 19.3 Å². The summed E-state index contributed by atoms with van der Waals surface area (Å²) in [5.74, 6) is 4.07. The van der Waals surface area contributed by atoms with Crippen LogP contribution in [0.25, 0.3) is 0 Å². The van der Waals surface area contributed by atoms with E-state index in [1.807, 2.05) is 6.07 Å². The Kier molecular flexibility index (Phi) is 2.78. The summed E-state index contributed by atoms with van der Waals surface area (Å²) < 4.78 is 0. The van der Waals surface area contributed by atoms with Gasteiger partial charge in [-0.1, -0.05) is 0 Å². The molecule has 0 radical (unpaired) electrons. The first-order valence-electron chi connectivity index (χ1n) is 4.72. The highest BCUT2D eigenvalue weighted by Gasteiger charge is 2.14. The number of nitrogens with zero attached hydrogens (tertiary/aromatic N) is 1. The van der Waals surface area contributed by atoms with Gasteiger partial charge in [-0.2, -0.15) is 16.9 Å². The van der Waals surface area contributed by atoms with Crippen molar-refractivity contribution in [2.75, 3.05) is 17.2 Å². The smallest absolute Gasteiger partial charge is 0.145 e. The highest BCUT2D eigenvalue weighted by atomic mass is 32.2. The van der Waals surface area contributed by atoms with Gasteiger partial charge in [0.1, 0.15) is 5.82 Å². The molecule has 1 aromatic heterocycles. The minimum absolute atomic E-state index is 0.611. The lowest BCUT2D eigenvalue weighted by molar-refractivity contribution is 0.482. The number of nitrogens with one attached hydrogen (secondary N) is 1. The average Bonchev–Trinajstić information content (AvgIpc) is 2.53. The topological polar surface area (TPSA) is 54.7 Å². The third-order valence-corrected chi connectivity index (χ3v) is 3.55. The molecule has 2 heterocycles. The molecule has 3 N–H and O–H groups in total. The van der Waals surface area contributed by atoms with Crippen LogP contribution in [0.2, 0.25) is 0 Å². The van der Waals surface area contributed by atoms with Crippen molar-refractivity contribution in [3.8, 4) is 0 Å². The second kappa shape index (κ2) is 4.05. The summed E-state index contributed by atoms with van der Waals surface area (Å²) in [6.45, 7) is 0. The molecular weight excluding hydrogens is 182 g/mol. The Labute approximate surface area is 82.5 Å². The molecule has 0 unspecified atom stereocenters. The van der Waals surface area contributed by atoms with Crippen LogP contribution in [0.5, 0.6) is 0 Å². The van der Waals surface area contributed by atoms with E-state index < -0.39 is 0 Å². The highest BCUT2D eigenvalue weighted by Crippen LogP contribution is 2.25. The molecule has 0 aliphatic carbocycles. The Bertz CT molecular complexity index is 266. The van der Waals surface area contributed by atoms with Crippen molar-refractivity contribution in [1.29, 1.82) is 0 Å². The predicted molar refractivity (Wildman–Crippen MR) is 56.8 cm³/mol. The molecular formula is C9H15N3S. The standard InChI is InChI=1S/C9H15N3S/c10-9-6-8(11-12-9)5-7-1-3-13-4-2-7/h6-7H,1-5H2,(H3,10,11,12). The fourth-order valence-electron chi connectivity index (χ4n) is 1.75. The normalized spacial score (nSPS) is 19.1. The Morgan fingerprint density at radius 3 is 2.92 bits per heavy atom. The largest absolute Gasteiger partial charge is 0.382 e. The van der Waals surface area contributed by atoms with Crippen LogP contribution in [0.15, 0.2) is 6.07 Å². The van der Waals surface area contributed by atoms with E-state index in [9.17, 15) is 0 Å². The maximum Gasteiger partial charge on any atom is 0.145 e. The van der Waals surface area contributed by atoms with Crippen LogP contribution in [0.1, 0.15) is 18.5 Å². The zero-order chi connectivity index (χ0) is 9.10. The van der Waals surface area contributed by atoms with Gasteiger partial charge in [-0.25, -0.2) is 0 Å². The maximum absolute atomic E-state index is 5.54. The number of hydrogen-bond acceptors (Lipinski definition) is 3. The molecule has 1 aliphatic heterocycles. The molecule has 4 heteroatoms. The van der Waals surface area contributed by atoms with Crippen LogP contribution in [-0.2, 0) is 6.42 Å². The monoisotopic (exact) mass is 197 g/mol. The van der Waals surface area contributed by atoms with Crippen LogP contribution in [0.4, 0.5) is 5.82 Å². The molecule has 0 aromatic carbocycles. The van der Waals surface area contributed by atoms with E-state index in [2.05, 4.69) is 22.0 Å². The SMILES string of the molecule is Nc1cc(CC2CCSCC2)[nH]n1. The van der Waals surface area contributed by atoms with E-state index in [-0.39, 0.29) is 0 Å². The molecule has 3 nitrogen and oxygen atoms in total. The summed E-state index contributed by atoms with van der Waals surface area (Å²) >= 11 is 2.06. The molecule has 0 bridgehead atoms. The van der Waals surface area contributed by atoms with Crippen molar-refractivity contribution in [3.05, 3.63) is 11.8 Å². The third kappa shape index (κ3) is 2.40. The van der Waals surface area contributed by atoms with E-state index in [4.69, 9.17) is 5.73 Å². The van der Waals surface area contributed by atoms with Gasteiger partial charge in [-0.15, -0.1) is 0 Å². The summed E-state index contributed by atoms with van der Waals surface area (Å²) in [4.78, 5) is 0. The molecule has 72 valence electrons. The lowest BCUT2D eigenvalue weighted by Crippen LogP contribution is -2.12. The molecule has 1 saturated heterocycles. The number of rotatable bonds is 2. The lowest BCUT2D eigenvalue weighted by atomic mass is 9.97. The van der Waals surface area contributed by atoms with E-state index in [1.165, 1.54) is 30.0 Å². The minimum atomic E-state index is 0.611. The molecule has 1 fully saturated rings. The molecule has 1 aliphatic rings. The van der Waals surface area contributed by atoms with Gasteiger partial charge in [0, 0.05) is 11.8 Å². The van der Waals surface area contributed by atoms with Crippen molar-refractivity contribution in [2.24, 2.45) is 5.92 Å². The Balaban J connectivity index is 1.89. The van der Waals surface area contributed by atoms with Crippen LogP contribution in [0.3, 0.4) is 0 Å². The predicted octanol–water partition coefficient (Wildman–Crippen LogP) is 1.68. The van der Waals surface area contributed by atoms with E-state index in [1.54, 1.807) is 0 Å². The summed E-state index contributed by atoms with van der Waals surface area (Å²) in [7, 11) is 0. The number of aromatic amines is 1. The van der Waals surface area contributed by atoms with Gasteiger partial charge in [0.05, 0.1) is 0 Å². The Hall–Kier alpha value is -0.640. The maximum atomic E-state index is 5.54. The molecule has 0 spiro atoms. The zero-order valence-electron chi connectivity index (χ0n) is 7.62. The molecule has 0 atom stereocenters. The summed E-state index contributed by atoms with van der Waals surface area (Å²) in [6.07, 6.45) is 3.79. The fraction of sp³-hybridized carbons (Fsp3) is 0.667. The van der Waals surface area contributed by atoms with Gasteiger partial charge < -0.3 is 5.73 Å². The second-order valence-electron chi connectivity index (χ2n) is 3.58. The number of anilines is 1. The number of aromatic nitrogens is 2. The van der Waals surface area contributed by atoms with Crippen molar-refractivity contribution >= 4 is 17.6 Å². The number of hydrogen-bond donors (Lipinski definition) is 2. The minimum Gasteiger partial charge on any atom is -0.382 e. The first kappa shape index (κ1) is 8.94. The van der Waals surface area contributed by atoms with Gasteiger partial charge in [0.25, 0.3) is 0 Å². The number of H-pyrrole nitrogens is 1. The fourth-order valence-corrected chi connectivity index (χ4v) is 2.95. The molecule has 13 heavy (non-hydrogen) atoms. The van der Waals surface area contributed by atoms with Crippen LogP contribution >= 0.6 is 11.8 Å². The molecule has 1 aromatic rings. The van der Waals surface area contributed by atoms with E-state index >= 15 is 0 Å². The summed E-state index contributed by atoms with van der Waals surface area (Å²) in [5, 5.41) is 6.90. The molecule has 0 saturated carbocycles. The van der Waals surface area contributed by atoms with Crippen molar-refractivity contribution in [1.82, 2.24) is 10.2 Å². The van der Waals surface area contributed by atoms with Crippen molar-refractivity contribution < 1.29 is 0 Å². The van der Waals surface area contributed by atoms with Gasteiger partial charge in [-0.3, -0.25) is 5.10 Å². The van der Waals surface area contributed by atoms with Crippen molar-refractivity contribution in [3.63, 3.8) is 0 Å². The summed E-state index contributed by atoms with van der Waals surface area (Å²) in [5.41, 5.74) is 6.73. The van der Waals surface area contributed by atoms with Crippen LogP contribution < -0.4 is 5.73 Å². The third-order valence-electron chi connectivity index (χ3n) is 2.50. The first-order valence-corrected chi connectivity index (χ1v) is 5.87. The quantitative estimate of drug-likeness (QED) is 0.758. The van der Waals surface area contributed by atoms with Crippen LogP contribution in [-0.4, -0.2) is 21.7 Å². The zero-order valence-corrected chi connectivity index (χ0v) is 8.44. The lowest BCUT2D eigenvalue weighted by Gasteiger charge is -2.20. The number of thioether (sulfide) groups is 1. The highest BCUT2D eigenvalue weighted by molar-refractivity contribution is 7.99. The van der Waals surface area contributed by atoms with Crippen LogP contribution in [0, 0.1) is 5.92 Å². The average molecular weight is 197 g/mol. The Morgan fingerprint density at radius 2 is 2.31 bits per heavy atom. The molecule has 0 amide bonds. The van der Waals surface area contributed by atoms with Gasteiger partial charge in [-0.05, 0) is 36.7 Å². The Morgan fingerprint density at radius 1 is 1.54 bits per heavy atom. The van der Waals surface area contributed by atoms with Gasteiger partial charge in [0.2, 0.25) is 0 Å². The summed E-state index contributed by atoms with van der Waals surface area (Å²) in [6, 6.07) is 1.95. The first-order chi connectivity index (χ1) is 6.34. The molecule has 2 rings (SSSR count). The van der Waals surface area contributed by atoms with E-state index in [0.29, 0.717) is 5.82 Å². The van der Waals surface area contributed by atoms with Gasteiger partial charge >= 0.3 is 0 Å². The number of nitrogens with two attached hydrogens (primary N) is 1. The second-order valence-corrected chi connectivity index (χ2v) is 4.80.